The lowest BCUT2D eigenvalue weighted by Crippen LogP contribution is -2.50. The van der Waals surface area contributed by atoms with Crippen LogP contribution in [0.15, 0.2) is 42.5 Å². The van der Waals surface area contributed by atoms with Gasteiger partial charge in [-0.05, 0) is 55.5 Å². The first-order valence-electron chi connectivity index (χ1n) is 10.5. The Bertz CT molecular complexity index is 906. The molecular formula is C23H25ClN2O4. The highest BCUT2D eigenvalue weighted by atomic mass is 35.5. The summed E-state index contributed by atoms with van der Waals surface area (Å²) in [4.78, 5) is 15.0. The smallest absolute Gasteiger partial charge is 0.258 e. The number of piperidine rings is 1. The number of hydrogen-bond donors (Lipinski definition) is 1. The van der Waals surface area contributed by atoms with E-state index in [1.165, 1.54) is 18.4 Å². The van der Waals surface area contributed by atoms with E-state index in [0.717, 1.165) is 24.4 Å². The Morgan fingerprint density at radius 1 is 1.07 bits per heavy atom. The maximum absolute atomic E-state index is 12.4. The van der Waals surface area contributed by atoms with Gasteiger partial charge in [-0.1, -0.05) is 23.7 Å². The average Bonchev–Trinajstić information content (AvgIpc) is 3.29. The van der Waals surface area contributed by atoms with Crippen LogP contribution in [0.4, 0.5) is 0 Å². The molecule has 2 aromatic carbocycles. The zero-order valence-corrected chi connectivity index (χ0v) is 17.4. The second kappa shape index (κ2) is 8.36. The zero-order valence-electron chi connectivity index (χ0n) is 16.7. The molecule has 0 radical (unpaired) electrons. The van der Waals surface area contributed by atoms with Gasteiger partial charge >= 0.3 is 0 Å². The third-order valence-electron chi connectivity index (χ3n) is 6.24. The molecule has 2 saturated heterocycles. The van der Waals surface area contributed by atoms with Gasteiger partial charge in [-0.2, -0.15) is 0 Å². The first-order valence-corrected chi connectivity index (χ1v) is 10.8. The van der Waals surface area contributed by atoms with Gasteiger partial charge < -0.3 is 19.5 Å². The molecule has 1 N–H and O–H groups in total. The number of fused-ring (bicyclic) bond motifs is 3. The fraction of sp³-hybridized carbons (Fsp3) is 0.435. The Morgan fingerprint density at radius 3 is 2.57 bits per heavy atom. The predicted octanol–water partition coefficient (Wildman–Crippen LogP) is 3.76. The van der Waals surface area contributed by atoms with Crippen LogP contribution in [0, 0.1) is 0 Å². The van der Waals surface area contributed by atoms with Crippen LogP contribution in [0.3, 0.4) is 0 Å². The molecule has 2 bridgehead atoms. The van der Waals surface area contributed by atoms with Crippen LogP contribution in [-0.4, -0.2) is 42.3 Å². The van der Waals surface area contributed by atoms with E-state index in [0.29, 0.717) is 29.3 Å². The van der Waals surface area contributed by atoms with Crippen molar-refractivity contribution in [3.8, 4) is 17.2 Å². The zero-order chi connectivity index (χ0) is 20.5. The largest absolute Gasteiger partial charge is 0.484 e. The predicted molar refractivity (Wildman–Crippen MR) is 113 cm³/mol. The maximum atomic E-state index is 12.4. The summed E-state index contributed by atoms with van der Waals surface area (Å²) >= 11 is 6.01. The summed E-state index contributed by atoms with van der Waals surface area (Å²) in [6.07, 6.45) is 4.36. The monoisotopic (exact) mass is 428 g/mol. The number of hydrogen-bond acceptors (Lipinski definition) is 5. The lowest BCUT2D eigenvalue weighted by Gasteiger charge is -2.39. The molecule has 0 aliphatic carbocycles. The fourth-order valence-corrected chi connectivity index (χ4v) is 4.96. The Kier molecular flexibility index (Phi) is 5.44. The number of nitrogens with one attached hydrogen (secondary N) is 1. The van der Waals surface area contributed by atoms with Crippen LogP contribution >= 0.6 is 11.6 Å². The standard InChI is InChI=1S/C23H25ClN2O4/c24-16-3-1-15(2-4-16)12-26-18-5-6-19(26)10-17(9-18)25-23(27)13-28-20-7-8-21-22(11-20)30-14-29-21/h1-4,7-8,11,17-19H,5-6,9-10,12-14H2,(H,25,27). The third kappa shape index (κ3) is 4.20. The van der Waals surface area contributed by atoms with Crippen molar-refractivity contribution in [2.24, 2.45) is 0 Å². The minimum atomic E-state index is -0.0804. The number of carbonyl (C=O) groups is 1. The second-order valence-electron chi connectivity index (χ2n) is 8.22. The number of halogens is 1. The van der Waals surface area contributed by atoms with Crippen molar-refractivity contribution in [3.63, 3.8) is 0 Å². The third-order valence-corrected chi connectivity index (χ3v) is 6.49. The molecule has 6 nitrogen and oxygen atoms in total. The van der Waals surface area contributed by atoms with Crippen LogP contribution in [0.2, 0.25) is 5.02 Å². The van der Waals surface area contributed by atoms with Crippen LogP contribution in [0.5, 0.6) is 17.2 Å². The average molecular weight is 429 g/mol. The molecule has 2 aromatic rings. The lowest BCUT2D eigenvalue weighted by atomic mass is 9.96. The van der Waals surface area contributed by atoms with E-state index in [2.05, 4.69) is 22.3 Å². The molecule has 7 heteroatoms. The van der Waals surface area contributed by atoms with Crippen LogP contribution in [0.25, 0.3) is 0 Å². The first kappa shape index (κ1) is 19.5. The topological polar surface area (TPSA) is 60.0 Å². The van der Waals surface area contributed by atoms with Crippen molar-refractivity contribution in [1.29, 1.82) is 0 Å². The summed E-state index contributed by atoms with van der Waals surface area (Å²) in [6.45, 7) is 1.17. The molecule has 1 amide bonds. The van der Waals surface area contributed by atoms with Gasteiger partial charge in [0.25, 0.3) is 5.91 Å². The van der Waals surface area contributed by atoms with Crippen molar-refractivity contribution in [1.82, 2.24) is 10.2 Å². The number of benzene rings is 2. The van der Waals surface area contributed by atoms with Gasteiger partial charge in [0.05, 0.1) is 0 Å². The Balaban J connectivity index is 1.12. The fourth-order valence-electron chi connectivity index (χ4n) is 4.84. The minimum absolute atomic E-state index is 0.0000336. The number of nitrogens with zero attached hydrogens (tertiary/aromatic N) is 1. The normalized spacial score (nSPS) is 24.6. The number of amides is 1. The Morgan fingerprint density at radius 2 is 1.80 bits per heavy atom. The van der Waals surface area contributed by atoms with Gasteiger partial charge in [-0.15, -0.1) is 0 Å². The SMILES string of the molecule is O=C(COc1ccc2c(c1)OCO2)NC1CC2CCC(C1)N2Cc1ccc(Cl)cc1. The van der Waals surface area contributed by atoms with Crippen molar-refractivity contribution in [2.45, 2.75) is 50.4 Å². The molecule has 158 valence electrons. The molecule has 0 saturated carbocycles. The highest BCUT2D eigenvalue weighted by molar-refractivity contribution is 6.30. The second-order valence-corrected chi connectivity index (χ2v) is 8.66. The molecule has 3 heterocycles. The molecule has 3 aliphatic heterocycles. The van der Waals surface area contributed by atoms with Crippen LogP contribution < -0.4 is 19.5 Å². The van der Waals surface area contributed by atoms with E-state index in [1.54, 1.807) is 18.2 Å². The number of rotatable bonds is 6. The lowest BCUT2D eigenvalue weighted by molar-refractivity contribution is -0.124. The van der Waals surface area contributed by atoms with Crippen molar-refractivity contribution in [2.75, 3.05) is 13.4 Å². The summed E-state index contributed by atoms with van der Waals surface area (Å²) in [5, 5.41) is 3.94. The van der Waals surface area contributed by atoms with Gasteiger partial charge in [0.2, 0.25) is 6.79 Å². The van der Waals surface area contributed by atoms with Gasteiger partial charge in [0, 0.05) is 35.8 Å². The Labute approximate surface area is 181 Å². The molecule has 0 aromatic heterocycles. The quantitative estimate of drug-likeness (QED) is 0.759. The van der Waals surface area contributed by atoms with Crippen molar-refractivity contribution >= 4 is 17.5 Å². The van der Waals surface area contributed by atoms with Crippen molar-refractivity contribution in [3.05, 3.63) is 53.1 Å². The molecular weight excluding hydrogens is 404 g/mol. The first-order chi connectivity index (χ1) is 14.6. The summed E-state index contributed by atoms with van der Waals surface area (Å²) in [7, 11) is 0. The van der Waals surface area contributed by atoms with Crippen LogP contribution in [0.1, 0.15) is 31.2 Å². The summed E-state index contributed by atoms with van der Waals surface area (Å²) in [5.41, 5.74) is 1.29. The number of carbonyl (C=O) groups excluding carboxylic acids is 1. The van der Waals surface area contributed by atoms with E-state index in [1.807, 2.05) is 12.1 Å². The summed E-state index contributed by atoms with van der Waals surface area (Å²) in [5.74, 6) is 1.88. The van der Waals surface area contributed by atoms with Gasteiger partial charge in [0.1, 0.15) is 5.75 Å². The van der Waals surface area contributed by atoms with Gasteiger partial charge in [-0.25, -0.2) is 0 Å². The number of ether oxygens (including phenoxy) is 3. The molecule has 0 spiro atoms. The highest BCUT2D eigenvalue weighted by Crippen LogP contribution is 2.37. The maximum Gasteiger partial charge on any atom is 0.258 e. The molecule has 30 heavy (non-hydrogen) atoms. The van der Waals surface area contributed by atoms with E-state index in [4.69, 9.17) is 25.8 Å². The van der Waals surface area contributed by atoms with E-state index in [9.17, 15) is 4.79 Å². The molecule has 2 atom stereocenters. The van der Waals surface area contributed by atoms with E-state index >= 15 is 0 Å². The van der Waals surface area contributed by atoms with Crippen molar-refractivity contribution < 1.29 is 19.0 Å². The van der Waals surface area contributed by atoms with E-state index in [-0.39, 0.29) is 25.3 Å². The highest BCUT2D eigenvalue weighted by Gasteiger charge is 2.40. The van der Waals surface area contributed by atoms with Crippen LogP contribution in [-0.2, 0) is 11.3 Å². The summed E-state index contributed by atoms with van der Waals surface area (Å²) < 4.78 is 16.3. The molecule has 3 aliphatic rings. The van der Waals surface area contributed by atoms with Gasteiger partial charge in [-0.3, -0.25) is 9.69 Å². The molecule has 2 fully saturated rings. The van der Waals surface area contributed by atoms with Gasteiger partial charge in [0.15, 0.2) is 18.1 Å². The Hall–Kier alpha value is -2.44. The summed E-state index contributed by atoms with van der Waals surface area (Å²) in [6, 6.07) is 14.7. The minimum Gasteiger partial charge on any atom is -0.484 e. The molecule has 2 unspecified atom stereocenters. The van der Waals surface area contributed by atoms with E-state index < -0.39 is 0 Å². The molecule has 5 rings (SSSR count).